The summed E-state index contributed by atoms with van der Waals surface area (Å²) in [5.41, 5.74) is 10.5. The van der Waals surface area contributed by atoms with E-state index in [-0.39, 0.29) is 6.04 Å². The molecule has 3 nitrogen and oxygen atoms in total. The summed E-state index contributed by atoms with van der Waals surface area (Å²) in [7, 11) is 0. The second-order valence-electron chi connectivity index (χ2n) is 13.6. The summed E-state index contributed by atoms with van der Waals surface area (Å²) in [6.07, 6.45) is 19.6. The van der Waals surface area contributed by atoms with Crippen molar-refractivity contribution < 1.29 is 4.42 Å². The fourth-order valence-electron chi connectivity index (χ4n) is 8.56. The number of furan rings is 1. The van der Waals surface area contributed by atoms with Crippen molar-refractivity contribution in [3.05, 3.63) is 173 Å². The van der Waals surface area contributed by atoms with Gasteiger partial charge < -0.3 is 13.9 Å². The van der Waals surface area contributed by atoms with Gasteiger partial charge in [0, 0.05) is 72.7 Å². The van der Waals surface area contributed by atoms with Gasteiger partial charge in [-0.3, -0.25) is 0 Å². The maximum Gasteiger partial charge on any atom is 0.137 e. The van der Waals surface area contributed by atoms with Crippen molar-refractivity contribution in [1.82, 2.24) is 4.57 Å². The van der Waals surface area contributed by atoms with Gasteiger partial charge in [-0.1, -0.05) is 109 Å². The summed E-state index contributed by atoms with van der Waals surface area (Å²) < 4.78 is 8.86. The Kier molecular flexibility index (Phi) is 6.07. The van der Waals surface area contributed by atoms with Crippen LogP contribution in [0.3, 0.4) is 0 Å². The molecule has 3 aliphatic rings. The van der Waals surface area contributed by atoms with Crippen LogP contribution in [-0.2, 0) is 6.42 Å². The van der Waals surface area contributed by atoms with Crippen LogP contribution in [0.5, 0.6) is 0 Å². The summed E-state index contributed by atoms with van der Waals surface area (Å²) in [5.74, 6) is 0.874. The SMILES string of the molecule is C1=CC2C=Cc3c(sc4c3C=CC(N(c3ccc5c(c3)oc3ccccc35)c3ccc5c6ccccc6n(-c6ccccc6)c5c3)C4)C2C=C1. The van der Waals surface area contributed by atoms with Crippen LogP contribution in [0.15, 0.2) is 156 Å². The molecule has 0 aliphatic heterocycles. The molecular formula is C46H32N2OS. The van der Waals surface area contributed by atoms with Gasteiger partial charge in [-0.05, 0) is 59.7 Å². The van der Waals surface area contributed by atoms with Gasteiger partial charge in [-0.15, -0.1) is 11.3 Å². The molecule has 3 unspecified atom stereocenters. The molecule has 3 aliphatic carbocycles. The van der Waals surface area contributed by atoms with Crippen molar-refractivity contribution in [2.24, 2.45) is 5.92 Å². The number of fused-ring (bicyclic) bond motifs is 11. The molecule has 238 valence electrons. The number of rotatable bonds is 4. The number of thiophene rings is 1. The maximum atomic E-state index is 6.45. The Morgan fingerprint density at radius 1 is 0.600 bits per heavy atom. The van der Waals surface area contributed by atoms with Crippen molar-refractivity contribution in [3.63, 3.8) is 0 Å². The quantitative estimate of drug-likeness (QED) is 0.187. The average Bonchev–Trinajstić information content (AvgIpc) is 3.84. The van der Waals surface area contributed by atoms with E-state index in [0.29, 0.717) is 11.8 Å². The highest BCUT2D eigenvalue weighted by Crippen LogP contribution is 2.48. The van der Waals surface area contributed by atoms with E-state index in [1.54, 1.807) is 0 Å². The Labute approximate surface area is 294 Å². The molecular weight excluding hydrogens is 629 g/mol. The molecule has 0 fully saturated rings. The van der Waals surface area contributed by atoms with Crippen LogP contribution >= 0.6 is 11.3 Å². The van der Waals surface area contributed by atoms with Crippen LogP contribution in [0.25, 0.3) is 61.6 Å². The van der Waals surface area contributed by atoms with Gasteiger partial charge in [0.2, 0.25) is 0 Å². The van der Waals surface area contributed by atoms with Gasteiger partial charge in [0.1, 0.15) is 11.2 Å². The number of allylic oxidation sites excluding steroid dienone is 5. The molecule has 8 aromatic rings. The van der Waals surface area contributed by atoms with Crippen LogP contribution in [0.2, 0.25) is 0 Å². The topological polar surface area (TPSA) is 21.3 Å². The van der Waals surface area contributed by atoms with Crippen LogP contribution in [-0.4, -0.2) is 10.6 Å². The first-order valence-electron chi connectivity index (χ1n) is 17.4. The molecule has 0 spiro atoms. The van der Waals surface area contributed by atoms with Crippen molar-refractivity contribution in [3.8, 4) is 5.69 Å². The molecule has 0 radical (unpaired) electrons. The zero-order chi connectivity index (χ0) is 32.8. The molecule has 0 bridgehead atoms. The predicted molar refractivity (Wildman–Crippen MR) is 211 cm³/mol. The fraction of sp³-hybridized carbons (Fsp3) is 0.0870. The minimum atomic E-state index is 0.123. The normalized spacial score (nSPS) is 19.0. The Morgan fingerprint density at radius 2 is 1.32 bits per heavy atom. The molecule has 3 atom stereocenters. The van der Waals surface area contributed by atoms with E-state index in [1.807, 2.05) is 17.4 Å². The zero-order valence-electron chi connectivity index (χ0n) is 27.2. The lowest BCUT2D eigenvalue weighted by molar-refractivity contribution is 0.668. The predicted octanol–water partition coefficient (Wildman–Crippen LogP) is 12.4. The summed E-state index contributed by atoms with van der Waals surface area (Å²) in [4.78, 5) is 5.49. The Morgan fingerprint density at radius 3 is 2.24 bits per heavy atom. The smallest absolute Gasteiger partial charge is 0.137 e. The highest BCUT2D eigenvalue weighted by atomic mass is 32.1. The monoisotopic (exact) mass is 660 g/mol. The molecule has 11 rings (SSSR count). The van der Waals surface area contributed by atoms with Gasteiger partial charge in [-0.25, -0.2) is 0 Å². The molecule has 3 aromatic heterocycles. The summed E-state index contributed by atoms with van der Waals surface area (Å²) in [6, 6.07) is 41.7. The van der Waals surface area contributed by atoms with Gasteiger partial charge >= 0.3 is 0 Å². The summed E-state index contributed by atoms with van der Waals surface area (Å²) >= 11 is 2.01. The molecule has 50 heavy (non-hydrogen) atoms. The van der Waals surface area contributed by atoms with Gasteiger partial charge in [-0.2, -0.15) is 0 Å². The molecule has 4 heteroatoms. The van der Waals surface area contributed by atoms with E-state index in [4.69, 9.17) is 4.42 Å². The lowest BCUT2D eigenvalue weighted by Crippen LogP contribution is -2.32. The number of hydrogen-bond donors (Lipinski definition) is 0. The van der Waals surface area contributed by atoms with E-state index < -0.39 is 0 Å². The minimum Gasteiger partial charge on any atom is -0.456 e. The van der Waals surface area contributed by atoms with Crippen molar-refractivity contribution >= 4 is 78.6 Å². The molecule has 0 amide bonds. The number of aromatic nitrogens is 1. The third-order valence-electron chi connectivity index (χ3n) is 10.9. The van der Waals surface area contributed by atoms with E-state index in [0.717, 1.165) is 45.4 Å². The number of benzene rings is 5. The van der Waals surface area contributed by atoms with E-state index in [1.165, 1.54) is 42.7 Å². The highest BCUT2D eigenvalue weighted by molar-refractivity contribution is 7.12. The fourth-order valence-corrected chi connectivity index (χ4v) is 10.0. The van der Waals surface area contributed by atoms with Gasteiger partial charge in [0.05, 0.1) is 17.1 Å². The molecule has 0 N–H and O–H groups in total. The van der Waals surface area contributed by atoms with Crippen molar-refractivity contribution in [1.29, 1.82) is 0 Å². The third-order valence-corrected chi connectivity index (χ3v) is 12.2. The second kappa shape index (κ2) is 10.8. The molecule has 0 saturated heterocycles. The summed E-state index contributed by atoms with van der Waals surface area (Å²) in [5, 5.41) is 4.81. The molecule has 5 aromatic carbocycles. The largest absolute Gasteiger partial charge is 0.456 e. The first kappa shape index (κ1) is 28.0. The zero-order valence-corrected chi connectivity index (χ0v) is 28.1. The van der Waals surface area contributed by atoms with Crippen molar-refractivity contribution in [2.45, 2.75) is 18.4 Å². The summed E-state index contributed by atoms with van der Waals surface area (Å²) in [6.45, 7) is 0. The maximum absolute atomic E-state index is 6.45. The molecule has 3 heterocycles. The van der Waals surface area contributed by atoms with Crippen LogP contribution in [0.4, 0.5) is 11.4 Å². The Balaban J connectivity index is 1.09. The lowest BCUT2D eigenvalue weighted by Gasteiger charge is -2.34. The van der Waals surface area contributed by atoms with E-state index in [9.17, 15) is 0 Å². The minimum absolute atomic E-state index is 0.123. The molecule has 0 saturated carbocycles. The highest BCUT2D eigenvalue weighted by Gasteiger charge is 2.32. The Bertz CT molecular complexity index is 2770. The van der Waals surface area contributed by atoms with E-state index >= 15 is 0 Å². The first-order chi connectivity index (χ1) is 24.8. The lowest BCUT2D eigenvalue weighted by atomic mass is 9.80. The third kappa shape index (κ3) is 4.15. The van der Waals surface area contributed by atoms with Gasteiger partial charge in [0.15, 0.2) is 0 Å². The standard InChI is InChI=1S/C46H32N2OS/c1-2-11-30(12-3-1)48-41-16-8-6-14-35(41)36-23-19-31(26-42(36)48)47(32-20-24-38-37-15-7-9-17-43(37)49-44(38)27-32)33-21-25-39-40-22-18-29-10-4-5-13-34(29)46(40)50-45(39)28-33/h1-27,29,33-34H,28H2. The number of nitrogens with zero attached hydrogens (tertiary/aromatic N) is 2. The number of anilines is 2. The van der Waals surface area contributed by atoms with Crippen LogP contribution < -0.4 is 4.90 Å². The van der Waals surface area contributed by atoms with Gasteiger partial charge in [0.25, 0.3) is 0 Å². The number of para-hydroxylation sites is 3. The average molecular weight is 661 g/mol. The van der Waals surface area contributed by atoms with Crippen LogP contribution in [0.1, 0.15) is 26.8 Å². The second-order valence-corrected chi connectivity index (χ2v) is 14.8. The number of hydrogen-bond acceptors (Lipinski definition) is 3. The van der Waals surface area contributed by atoms with Crippen LogP contribution in [0, 0.1) is 5.92 Å². The Hall–Kier alpha value is -5.84. The van der Waals surface area contributed by atoms with Crippen molar-refractivity contribution in [2.75, 3.05) is 4.90 Å². The van der Waals surface area contributed by atoms with E-state index in [2.05, 4.69) is 167 Å². The first-order valence-corrected chi connectivity index (χ1v) is 18.3.